The largest absolute Gasteiger partial charge is 0.393 e. The minimum atomic E-state index is -4.28. The van der Waals surface area contributed by atoms with Crippen molar-refractivity contribution in [2.45, 2.75) is 44.3 Å². The second-order valence-electron chi connectivity index (χ2n) is 5.53. The molecule has 0 unspecified atom stereocenters. The molecule has 2 atom stereocenters. The van der Waals surface area contributed by atoms with Crippen molar-refractivity contribution in [3.05, 3.63) is 33.8 Å². The van der Waals surface area contributed by atoms with Gasteiger partial charge in [0.25, 0.3) is 0 Å². The molecule has 2 rings (SSSR count). The Morgan fingerprint density at radius 3 is 2.50 bits per heavy atom. The van der Waals surface area contributed by atoms with Crippen molar-refractivity contribution >= 4 is 29.1 Å². The van der Waals surface area contributed by atoms with Gasteiger partial charge in [0.1, 0.15) is 0 Å². The SMILES string of the molecule is O=C(Cc1ccc(Cl)c(Cl)c1)N[C@@H]1CCCC[C@@H]1C(F)(F)F. The fourth-order valence-electron chi connectivity index (χ4n) is 2.79. The zero-order valence-corrected chi connectivity index (χ0v) is 13.2. The van der Waals surface area contributed by atoms with Crippen molar-refractivity contribution < 1.29 is 18.0 Å². The lowest BCUT2D eigenvalue weighted by Crippen LogP contribution is -2.48. The van der Waals surface area contributed by atoms with E-state index < -0.39 is 24.0 Å². The quantitative estimate of drug-likeness (QED) is 0.832. The summed E-state index contributed by atoms with van der Waals surface area (Å²) in [5.74, 6) is -1.89. The van der Waals surface area contributed by atoms with Crippen molar-refractivity contribution in [2.75, 3.05) is 0 Å². The number of halogens is 5. The molecule has 2 nitrogen and oxygen atoms in total. The first kappa shape index (κ1) is 17.4. The van der Waals surface area contributed by atoms with E-state index in [0.29, 0.717) is 34.9 Å². The highest BCUT2D eigenvalue weighted by Crippen LogP contribution is 2.37. The van der Waals surface area contributed by atoms with Crippen molar-refractivity contribution in [2.24, 2.45) is 5.92 Å². The Morgan fingerprint density at radius 1 is 1.18 bits per heavy atom. The molecule has 0 spiro atoms. The van der Waals surface area contributed by atoms with Gasteiger partial charge in [0.05, 0.1) is 22.4 Å². The lowest BCUT2D eigenvalue weighted by Gasteiger charge is -2.33. The molecule has 1 fully saturated rings. The second kappa shape index (κ2) is 7.09. The number of benzene rings is 1. The Kier molecular flexibility index (Phi) is 5.61. The summed E-state index contributed by atoms with van der Waals surface area (Å²) in [6, 6.07) is 3.90. The van der Waals surface area contributed by atoms with E-state index in [1.807, 2.05) is 0 Å². The van der Waals surface area contributed by atoms with E-state index in [9.17, 15) is 18.0 Å². The number of alkyl halides is 3. The minimum absolute atomic E-state index is 0.0159. The average Bonchev–Trinajstić information content (AvgIpc) is 2.42. The van der Waals surface area contributed by atoms with Gasteiger partial charge in [-0.15, -0.1) is 0 Å². The van der Waals surface area contributed by atoms with Crippen LogP contribution in [-0.4, -0.2) is 18.1 Å². The van der Waals surface area contributed by atoms with E-state index in [1.54, 1.807) is 18.2 Å². The van der Waals surface area contributed by atoms with Crippen LogP contribution in [0, 0.1) is 5.92 Å². The standard InChI is InChI=1S/C15H16Cl2F3NO/c16-11-6-5-9(7-12(11)17)8-14(22)21-13-4-2-1-3-10(13)15(18,19)20/h5-7,10,13H,1-4,8H2,(H,21,22)/t10-,13+/m0/s1. The molecule has 1 aromatic carbocycles. The van der Waals surface area contributed by atoms with Gasteiger partial charge in [-0.3, -0.25) is 4.79 Å². The summed E-state index contributed by atoms with van der Waals surface area (Å²) in [7, 11) is 0. The summed E-state index contributed by atoms with van der Waals surface area (Å²) in [4.78, 5) is 12.0. The van der Waals surface area contributed by atoms with Crippen molar-refractivity contribution in [3.63, 3.8) is 0 Å². The molecule has 0 aromatic heterocycles. The molecule has 1 aliphatic carbocycles. The monoisotopic (exact) mass is 353 g/mol. The predicted molar refractivity (Wildman–Crippen MR) is 80.1 cm³/mol. The first-order chi connectivity index (χ1) is 10.3. The van der Waals surface area contributed by atoms with Crippen molar-refractivity contribution in [3.8, 4) is 0 Å². The van der Waals surface area contributed by atoms with Gasteiger partial charge in [0.15, 0.2) is 0 Å². The number of hydrogen-bond acceptors (Lipinski definition) is 1. The highest BCUT2D eigenvalue weighted by Gasteiger charge is 2.45. The fraction of sp³-hybridized carbons (Fsp3) is 0.533. The van der Waals surface area contributed by atoms with E-state index >= 15 is 0 Å². The summed E-state index contributed by atoms with van der Waals surface area (Å²) in [5.41, 5.74) is 0.617. The van der Waals surface area contributed by atoms with Crippen LogP contribution in [0.1, 0.15) is 31.2 Å². The summed E-state index contributed by atoms with van der Waals surface area (Å²) in [6.07, 6.45) is -2.62. The van der Waals surface area contributed by atoms with E-state index in [1.165, 1.54) is 0 Å². The second-order valence-corrected chi connectivity index (χ2v) is 6.35. The van der Waals surface area contributed by atoms with Gasteiger partial charge in [-0.2, -0.15) is 13.2 Å². The normalized spacial score (nSPS) is 22.4. The molecule has 0 radical (unpaired) electrons. The number of amides is 1. The Bertz CT molecular complexity index is 548. The predicted octanol–water partition coefficient (Wildman–Crippen LogP) is 4.77. The molecular formula is C15H16Cl2F3NO. The maximum Gasteiger partial charge on any atom is 0.393 e. The first-order valence-electron chi connectivity index (χ1n) is 7.07. The van der Waals surface area contributed by atoms with Crippen molar-refractivity contribution in [1.82, 2.24) is 5.32 Å². The van der Waals surface area contributed by atoms with Crippen LogP contribution < -0.4 is 5.32 Å². The number of carbonyl (C=O) groups is 1. The molecule has 1 aromatic rings. The summed E-state index contributed by atoms with van der Waals surface area (Å²) in [5, 5.41) is 3.21. The van der Waals surface area contributed by atoms with Crippen LogP contribution >= 0.6 is 23.2 Å². The molecular weight excluding hydrogens is 338 g/mol. The molecule has 1 amide bonds. The zero-order valence-electron chi connectivity index (χ0n) is 11.7. The topological polar surface area (TPSA) is 29.1 Å². The summed E-state index contributed by atoms with van der Waals surface area (Å²) in [6.45, 7) is 0. The zero-order chi connectivity index (χ0) is 16.3. The van der Waals surface area contributed by atoms with Crippen LogP contribution in [0.2, 0.25) is 10.0 Å². The van der Waals surface area contributed by atoms with Crippen LogP contribution in [0.5, 0.6) is 0 Å². The van der Waals surface area contributed by atoms with E-state index in [4.69, 9.17) is 23.2 Å². The van der Waals surface area contributed by atoms with Gasteiger partial charge >= 0.3 is 6.18 Å². The Balaban J connectivity index is 1.99. The summed E-state index contributed by atoms with van der Waals surface area (Å²) < 4.78 is 38.9. The van der Waals surface area contributed by atoms with Gasteiger partial charge in [-0.25, -0.2) is 0 Å². The maximum absolute atomic E-state index is 13.0. The molecule has 1 N–H and O–H groups in total. The molecule has 1 aliphatic rings. The number of nitrogens with one attached hydrogen (secondary N) is 1. The average molecular weight is 354 g/mol. The van der Waals surface area contributed by atoms with Crippen LogP contribution in [0.15, 0.2) is 18.2 Å². The number of hydrogen-bond donors (Lipinski definition) is 1. The molecule has 0 bridgehead atoms. The summed E-state index contributed by atoms with van der Waals surface area (Å²) >= 11 is 11.6. The van der Waals surface area contributed by atoms with Gasteiger partial charge in [0, 0.05) is 6.04 Å². The first-order valence-corrected chi connectivity index (χ1v) is 7.83. The highest BCUT2D eigenvalue weighted by atomic mass is 35.5. The molecule has 1 saturated carbocycles. The fourth-order valence-corrected chi connectivity index (χ4v) is 3.11. The van der Waals surface area contributed by atoms with Gasteiger partial charge in [-0.05, 0) is 30.5 Å². The molecule has 122 valence electrons. The van der Waals surface area contributed by atoms with E-state index in [0.717, 1.165) is 0 Å². The number of carbonyl (C=O) groups excluding carboxylic acids is 1. The molecule has 0 saturated heterocycles. The lowest BCUT2D eigenvalue weighted by atomic mass is 9.84. The molecule has 0 aliphatic heterocycles. The lowest BCUT2D eigenvalue weighted by molar-refractivity contribution is -0.189. The third-order valence-electron chi connectivity index (χ3n) is 3.88. The minimum Gasteiger partial charge on any atom is -0.352 e. The highest BCUT2D eigenvalue weighted by molar-refractivity contribution is 6.42. The van der Waals surface area contributed by atoms with Gasteiger partial charge in [-0.1, -0.05) is 42.1 Å². The van der Waals surface area contributed by atoms with Crippen LogP contribution in [0.3, 0.4) is 0 Å². The van der Waals surface area contributed by atoms with Gasteiger partial charge < -0.3 is 5.32 Å². The molecule has 22 heavy (non-hydrogen) atoms. The van der Waals surface area contributed by atoms with Gasteiger partial charge in [0.2, 0.25) is 5.91 Å². The maximum atomic E-state index is 13.0. The van der Waals surface area contributed by atoms with E-state index in [-0.39, 0.29) is 12.8 Å². The smallest absolute Gasteiger partial charge is 0.352 e. The van der Waals surface area contributed by atoms with Crippen molar-refractivity contribution in [1.29, 1.82) is 0 Å². The van der Waals surface area contributed by atoms with Crippen LogP contribution in [0.25, 0.3) is 0 Å². The number of rotatable bonds is 3. The molecule has 7 heteroatoms. The third kappa shape index (κ3) is 4.53. The third-order valence-corrected chi connectivity index (χ3v) is 4.62. The molecule has 0 heterocycles. The Morgan fingerprint density at radius 2 is 1.86 bits per heavy atom. The van der Waals surface area contributed by atoms with Crippen LogP contribution in [0.4, 0.5) is 13.2 Å². The van der Waals surface area contributed by atoms with E-state index in [2.05, 4.69) is 5.32 Å². The van der Waals surface area contributed by atoms with Crippen LogP contribution in [-0.2, 0) is 11.2 Å². The Hall–Kier alpha value is -0.940. The Labute approximate surface area is 137 Å².